The zero-order valence-electron chi connectivity index (χ0n) is 24.0. The topological polar surface area (TPSA) is 61.8 Å². The molecule has 0 spiro atoms. The standard InChI is InChI=1S/C34H48O5/c1-2-3-4-5-6-7-8-9-10-11-12-13-14-15-16-21-32(35)38-27-26-37-29-24-22-28(23-25-29)33-30-19-17-18-20-31(30)39-34(33)36/h17-20,22-25,33H,2-16,21,26-27H2,1H3. The molecular weight excluding hydrogens is 488 g/mol. The SMILES string of the molecule is CCCCCCCCCCCCCCCCCC(=O)OCCOc1ccc(C2C(=O)Oc3ccccc32)cc1. The monoisotopic (exact) mass is 536 g/mol. The van der Waals surface area contributed by atoms with E-state index in [1.165, 1.54) is 83.5 Å². The van der Waals surface area contributed by atoms with Crippen LogP contribution < -0.4 is 9.47 Å². The van der Waals surface area contributed by atoms with Gasteiger partial charge in [-0.3, -0.25) is 9.59 Å². The molecule has 5 heteroatoms. The third-order valence-electron chi connectivity index (χ3n) is 7.49. The van der Waals surface area contributed by atoms with E-state index in [2.05, 4.69) is 6.92 Å². The van der Waals surface area contributed by atoms with E-state index >= 15 is 0 Å². The highest BCUT2D eigenvalue weighted by molar-refractivity contribution is 5.89. The minimum Gasteiger partial charge on any atom is -0.490 e. The van der Waals surface area contributed by atoms with Gasteiger partial charge in [-0.1, -0.05) is 127 Å². The van der Waals surface area contributed by atoms with Crippen LogP contribution >= 0.6 is 0 Å². The van der Waals surface area contributed by atoms with Crippen molar-refractivity contribution in [3.63, 3.8) is 0 Å². The van der Waals surface area contributed by atoms with Crippen LogP contribution in [0.25, 0.3) is 0 Å². The fourth-order valence-electron chi connectivity index (χ4n) is 5.21. The molecule has 0 fully saturated rings. The summed E-state index contributed by atoms with van der Waals surface area (Å²) in [5.41, 5.74) is 1.75. The van der Waals surface area contributed by atoms with Gasteiger partial charge in [-0.2, -0.15) is 0 Å². The van der Waals surface area contributed by atoms with Gasteiger partial charge in [-0.25, -0.2) is 0 Å². The van der Waals surface area contributed by atoms with Crippen molar-refractivity contribution in [2.24, 2.45) is 0 Å². The maximum atomic E-state index is 12.3. The van der Waals surface area contributed by atoms with E-state index in [0.29, 0.717) is 24.5 Å². The van der Waals surface area contributed by atoms with Crippen molar-refractivity contribution in [1.29, 1.82) is 0 Å². The number of ether oxygens (including phenoxy) is 3. The van der Waals surface area contributed by atoms with E-state index in [1.807, 2.05) is 48.5 Å². The lowest BCUT2D eigenvalue weighted by Gasteiger charge is -2.10. The largest absolute Gasteiger partial charge is 0.490 e. The van der Waals surface area contributed by atoms with Crippen LogP contribution in [0.2, 0.25) is 0 Å². The predicted octanol–water partition coefficient (Wildman–Crippen LogP) is 8.92. The number of esters is 2. The second-order valence-corrected chi connectivity index (χ2v) is 10.7. The first-order chi connectivity index (χ1) is 19.2. The van der Waals surface area contributed by atoms with Crippen molar-refractivity contribution in [2.45, 2.75) is 116 Å². The first kappa shape index (κ1) is 30.7. The quantitative estimate of drug-likeness (QED) is 0.0905. The molecule has 1 unspecified atom stereocenters. The van der Waals surface area contributed by atoms with Gasteiger partial charge in [-0.05, 0) is 30.2 Å². The molecule has 0 aliphatic carbocycles. The molecule has 0 radical (unpaired) electrons. The number of hydrogen-bond acceptors (Lipinski definition) is 5. The molecule has 0 N–H and O–H groups in total. The Balaban J connectivity index is 1.14. The summed E-state index contributed by atoms with van der Waals surface area (Å²) in [6.45, 7) is 2.81. The minimum atomic E-state index is -0.407. The summed E-state index contributed by atoms with van der Waals surface area (Å²) in [4.78, 5) is 24.3. The van der Waals surface area contributed by atoms with Crippen molar-refractivity contribution in [3.05, 3.63) is 59.7 Å². The summed E-state index contributed by atoms with van der Waals surface area (Å²) >= 11 is 0. The Morgan fingerprint density at radius 1 is 0.718 bits per heavy atom. The second kappa shape index (κ2) is 18.5. The van der Waals surface area contributed by atoms with E-state index in [9.17, 15) is 9.59 Å². The molecule has 1 aliphatic heterocycles. The molecule has 2 aromatic rings. The van der Waals surface area contributed by atoms with Gasteiger partial charge in [-0.15, -0.1) is 0 Å². The van der Waals surface area contributed by atoms with Crippen molar-refractivity contribution < 1.29 is 23.8 Å². The Kier molecular flexibility index (Phi) is 14.5. The summed E-state index contributed by atoms with van der Waals surface area (Å²) < 4.78 is 16.4. The van der Waals surface area contributed by atoms with E-state index in [-0.39, 0.29) is 18.5 Å². The van der Waals surface area contributed by atoms with Crippen LogP contribution in [-0.2, 0) is 14.3 Å². The summed E-state index contributed by atoms with van der Waals surface area (Å²) in [5.74, 6) is 0.486. The van der Waals surface area contributed by atoms with Crippen molar-refractivity contribution in [1.82, 2.24) is 0 Å². The molecule has 5 nitrogen and oxygen atoms in total. The molecule has 0 bridgehead atoms. The summed E-state index contributed by atoms with van der Waals surface area (Å²) in [6, 6.07) is 14.9. The molecule has 1 aliphatic rings. The van der Waals surface area contributed by atoms with Crippen molar-refractivity contribution in [2.75, 3.05) is 13.2 Å². The molecule has 39 heavy (non-hydrogen) atoms. The third kappa shape index (κ3) is 11.4. The lowest BCUT2D eigenvalue weighted by atomic mass is 9.93. The molecular formula is C34H48O5. The van der Waals surface area contributed by atoms with Gasteiger partial charge < -0.3 is 14.2 Å². The molecule has 1 heterocycles. The number of rotatable bonds is 21. The maximum absolute atomic E-state index is 12.3. The number of para-hydroxylation sites is 1. The fraction of sp³-hybridized carbons (Fsp3) is 0.588. The van der Waals surface area contributed by atoms with Crippen LogP contribution in [0.15, 0.2) is 48.5 Å². The number of carbonyl (C=O) groups is 2. The number of fused-ring (bicyclic) bond motifs is 1. The zero-order valence-corrected chi connectivity index (χ0v) is 24.0. The number of hydrogen-bond donors (Lipinski definition) is 0. The number of carbonyl (C=O) groups excluding carboxylic acids is 2. The second-order valence-electron chi connectivity index (χ2n) is 10.7. The lowest BCUT2D eigenvalue weighted by Crippen LogP contribution is -2.12. The smallest absolute Gasteiger partial charge is 0.323 e. The maximum Gasteiger partial charge on any atom is 0.323 e. The molecule has 3 rings (SSSR count). The average molecular weight is 537 g/mol. The highest BCUT2D eigenvalue weighted by Gasteiger charge is 2.34. The van der Waals surface area contributed by atoms with Gasteiger partial charge in [0.15, 0.2) is 0 Å². The first-order valence-corrected chi connectivity index (χ1v) is 15.4. The lowest BCUT2D eigenvalue weighted by molar-refractivity contribution is -0.144. The number of benzene rings is 2. The molecule has 2 aromatic carbocycles. The molecule has 0 saturated heterocycles. The molecule has 214 valence electrons. The minimum absolute atomic E-state index is 0.151. The van der Waals surface area contributed by atoms with E-state index in [1.54, 1.807) is 0 Å². The van der Waals surface area contributed by atoms with Crippen LogP contribution in [0.1, 0.15) is 127 Å². The van der Waals surface area contributed by atoms with Gasteiger partial charge in [0, 0.05) is 12.0 Å². The van der Waals surface area contributed by atoms with E-state index < -0.39 is 5.92 Å². The zero-order chi connectivity index (χ0) is 27.5. The Hall–Kier alpha value is -2.82. The average Bonchev–Trinajstić information content (AvgIpc) is 3.29. The Morgan fingerprint density at radius 2 is 1.28 bits per heavy atom. The number of unbranched alkanes of at least 4 members (excludes halogenated alkanes) is 14. The van der Waals surface area contributed by atoms with Crippen LogP contribution in [0.5, 0.6) is 11.5 Å². The van der Waals surface area contributed by atoms with Gasteiger partial charge in [0.25, 0.3) is 0 Å². The van der Waals surface area contributed by atoms with Gasteiger partial charge in [0.2, 0.25) is 0 Å². The first-order valence-electron chi connectivity index (χ1n) is 15.4. The summed E-state index contributed by atoms with van der Waals surface area (Å²) in [6.07, 6.45) is 20.2. The molecule has 0 amide bonds. The highest BCUT2D eigenvalue weighted by atomic mass is 16.6. The molecule has 0 aromatic heterocycles. The summed E-state index contributed by atoms with van der Waals surface area (Å²) in [5, 5.41) is 0. The molecule has 1 atom stereocenters. The Labute approximate surface area is 235 Å². The van der Waals surface area contributed by atoms with Gasteiger partial charge >= 0.3 is 11.9 Å². The van der Waals surface area contributed by atoms with Crippen LogP contribution in [0.4, 0.5) is 0 Å². The third-order valence-corrected chi connectivity index (χ3v) is 7.49. The predicted molar refractivity (Wildman–Crippen MR) is 156 cm³/mol. The van der Waals surface area contributed by atoms with Crippen molar-refractivity contribution >= 4 is 11.9 Å². The van der Waals surface area contributed by atoms with Crippen molar-refractivity contribution in [3.8, 4) is 11.5 Å². The van der Waals surface area contributed by atoms with Gasteiger partial charge in [0.05, 0.1) is 0 Å². The fourth-order valence-corrected chi connectivity index (χ4v) is 5.21. The van der Waals surface area contributed by atoms with Crippen LogP contribution in [-0.4, -0.2) is 25.2 Å². The van der Waals surface area contributed by atoms with Crippen LogP contribution in [0, 0.1) is 0 Å². The molecule has 0 saturated carbocycles. The Bertz CT molecular complexity index is 968. The van der Waals surface area contributed by atoms with E-state index in [0.717, 1.165) is 24.0 Å². The van der Waals surface area contributed by atoms with E-state index in [4.69, 9.17) is 14.2 Å². The highest BCUT2D eigenvalue weighted by Crippen LogP contribution is 2.39. The Morgan fingerprint density at radius 3 is 1.90 bits per heavy atom. The van der Waals surface area contributed by atoms with Gasteiger partial charge in [0.1, 0.15) is 30.6 Å². The summed E-state index contributed by atoms with van der Waals surface area (Å²) in [7, 11) is 0. The normalized spacial score (nSPS) is 14.2. The van der Waals surface area contributed by atoms with Crippen LogP contribution in [0.3, 0.4) is 0 Å².